The molecule has 1 saturated heterocycles. The van der Waals surface area contributed by atoms with Crippen molar-refractivity contribution in [2.24, 2.45) is 5.73 Å². The van der Waals surface area contributed by atoms with E-state index in [-0.39, 0.29) is 6.10 Å². The number of benzene rings is 1. The predicted octanol–water partition coefficient (Wildman–Crippen LogP) is 0.879. The number of hydrogen-bond acceptors (Lipinski definition) is 4. The number of nitrogens with zero attached hydrogens (tertiary/aromatic N) is 1. The molecule has 3 N–H and O–H groups in total. The Morgan fingerprint density at radius 3 is 3.12 bits per heavy atom. The number of phenols is 1. The molecule has 1 aliphatic heterocycles. The highest BCUT2D eigenvalue weighted by atomic mass is 32.1. The van der Waals surface area contributed by atoms with Crippen LogP contribution in [0.25, 0.3) is 0 Å². The molecule has 1 unspecified atom stereocenters. The van der Waals surface area contributed by atoms with E-state index in [1.54, 1.807) is 12.1 Å². The Balaban J connectivity index is 1.97. The van der Waals surface area contributed by atoms with Crippen LogP contribution in [0.2, 0.25) is 0 Å². The van der Waals surface area contributed by atoms with Crippen LogP contribution < -0.4 is 5.73 Å². The summed E-state index contributed by atoms with van der Waals surface area (Å²) in [5.41, 5.74) is 6.66. The lowest BCUT2D eigenvalue weighted by Crippen LogP contribution is -2.47. The molecule has 17 heavy (non-hydrogen) atoms. The second-order valence-electron chi connectivity index (χ2n) is 4.17. The van der Waals surface area contributed by atoms with E-state index < -0.39 is 0 Å². The van der Waals surface area contributed by atoms with Crippen molar-refractivity contribution in [2.75, 3.05) is 19.7 Å². The Labute approximate surface area is 106 Å². The van der Waals surface area contributed by atoms with Gasteiger partial charge in [-0.05, 0) is 17.7 Å². The third-order valence-electron chi connectivity index (χ3n) is 2.78. The number of aromatic hydroxyl groups is 1. The first kappa shape index (κ1) is 12.3. The number of rotatable bonds is 3. The molecule has 1 atom stereocenters. The number of nitrogens with two attached hydrogens (primary N) is 1. The molecule has 92 valence electrons. The molecule has 1 heterocycles. The van der Waals surface area contributed by atoms with E-state index in [1.807, 2.05) is 12.1 Å². The fourth-order valence-corrected chi connectivity index (χ4v) is 2.07. The van der Waals surface area contributed by atoms with E-state index >= 15 is 0 Å². The van der Waals surface area contributed by atoms with E-state index in [9.17, 15) is 5.11 Å². The summed E-state index contributed by atoms with van der Waals surface area (Å²) < 4.78 is 5.47. The molecular weight excluding hydrogens is 236 g/mol. The van der Waals surface area contributed by atoms with Crippen molar-refractivity contribution in [3.05, 3.63) is 29.8 Å². The van der Waals surface area contributed by atoms with Crippen LogP contribution in [0.4, 0.5) is 0 Å². The van der Waals surface area contributed by atoms with Gasteiger partial charge in [0.25, 0.3) is 0 Å². The number of hydrogen-bond donors (Lipinski definition) is 2. The quantitative estimate of drug-likeness (QED) is 0.782. The Hall–Kier alpha value is -1.17. The fourth-order valence-electron chi connectivity index (χ4n) is 1.93. The van der Waals surface area contributed by atoms with E-state index in [2.05, 4.69) is 4.90 Å². The van der Waals surface area contributed by atoms with Gasteiger partial charge in [0.1, 0.15) is 16.8 Å². The van der Waals surface area contributed by atoms with Gasteiger partial charge >= 0.3 is 0 Å². The Morgan fingerprint density at radius 1 is 1.59 bits per heavy atom. The zero-order valence-electron chi connectivity index (χ0n) is 9.50. The summed E-state index contributed by atoms with van der Waals surface area (Å²) in [6.07, 6.45) is -0.156. The molecule has 0 saturated carbocycles. The highest BCUT2D eigenvalue weighted by molar-refractivity contribution is 7.80. The summed E-state index contributed by atoms with van der Waals surface area (Å²) in [6, 6.07) is 7.27. The van der Waals surface area contributed by atoms with Crippen LogP contribution in [-0.2, 0) is 11.3 Å². The minimum atomic E-state index is -0.156. The summed E-state index contributed by atoms with van der Waals surface area (Å²) in [6.45, 7) is 2.98. The lowest BCUT2D eigenvalue weighted by molar-refractivity contribution is 0.00389. The maximum absolute atomic E-state index is 9.40. The van der Waals surface area contributed by atoms with E-state index in [1.165, 1.54) is 0 Å². The van der Waals surface area contributed by atoms with Crippen molar-refractivity contribution >= 4 is 17.2 Å². The van der Waals surface area contributed by atoms with Gasteiger partial charge in [-0.15, -0.1) is 0 Å². The standard InChI is InChI=1S/C12H16N2O2S/c13-12(17)11-8-14(4-5-16-11)7-9-2-1-3-10(15)6-9/h1-3,6,11,15H,4-5,7-8H2,(H2,13,17). The maximum Gasteiger partial charge on any atom is 0.120 e. The van der Waals surface area contributed by atoms with Gasteiger partial charge < -0.3 is 15.6 Å². The van der Waals surface area contributed by atoms with E-state index in [0.29, 0.717) is 23.9 Å². The predicted molar refractivity (Wildman–Crippen MR) is 69.9 cm³/mol. The Bertz CT molecular complexity index is 411. The third kappa shape index (κ3) is 3.39. The zero-order chi connectivity index (χ0) is 12.3. The summed E-state index contributed by atoms with van der Waals surface area (Å²) in [5.74, 6) is 0.293. The molecule has 0 aromatic heterocycles. The minimum absolute atomic E-state index is 0.156. The summed E-state index contributed by atoms with van der Waals surface area (Å²) in [7, 11) is 0. The monoisotopic (exact) mass is 252 g/mol. The van der Waals surface area contributed by atoms with Crippen LogP contribution in [0.5, 0.6) is 5.75 Å². The van der Waals surface area contributed by atoms with Crippen molar-refractivity contribution < 1.29 is 9.84 Å². The van der Waals surface area contributed by atoms with Crippen LogP contribution in [0.15, 0.2) is 24.3 Å². The molecule has 0 spiro atoms. The van der Waals surface area contributed by atoms with Crippen LogP contribution in [-0.4, -0.2) is 40.8 Å². The molecule has 0 radical (unpaired) electrons. The second kappa shape index (κ2) is 5.44. The number of morpholine rings is 1. The van der Waals surface area contributed by atoms with Crippen molar-refractivity contribution in [1.82, 2.24) is 4.90 Å². The lowest BCUT2D eigenvalue weighted by Gasteiger charge is -2.32. The fraction of sp³-hybridized carbons (Fsp3) is 0.417. The largest absolute Gasteiger partial charge is 0.508 e. The van der Waals surface area contributed by atoms with E-state index in [4.69, 9.17) is 22.7 Å². The zero-order valence-corrected chi connectivity index (χ0v) is 10.3. The maximum atomic E-state index is 9.40. The van der Waals surface area contributed by atoms with Crippen LogP contribution in [0.3, 0.4) is 0 Å². The van der Waals surface area contributed by atoms with Gasteiger partial charge in [-0.2, -0.15) is 0 Å². The summed E-state index contributed by atoms with van der Waals surface area (Å²) >= 11 is 4.94. The molecule has 2 rings (SSSR count). The van der Waals surface area contributed by atoms with Crippen molar-refractivity contribution in [3.8, 4) is 5.75 Å². The van der Waals surface area contributed by atoms with Crippen molar-refractivity contribution in [3.63, 3.8) is 0 Å². The van der Waals surface area contributed by atoms with Gasteiger partial charge in [-0.3, -0.25) is 4.90 Å². The van der Waals surface area contributed by atoms with Crippen LogP contribution in [0.1, 0.15) is 5.56 Å². The first-order valence-electron chi connectivity index (χ1n) is 5.56. The molecule has 4 nitrogen and oxygen atoms in total. The van der Waals surface area contributed by atoms with Crippen molar-refractivity contribution in [2.45, 2.75) is 12.6 Å². The molecule has 1 aliphatic rings. The molecule has 0 bridgehead atoms. The van der Waals surface area contributed by atoms with Gasteiger partial charge in [0.05, 0.1) is 6.61 Å². The second-order valence-corrected chi connectivity index (χ2v) is 4.64. The van der Waals surface area contributed by atoms with Gasteiger partial charge in [0.15, 0.2) is 0 Å². The first-order valence-corrected chi connectivity index (χ1v) is 5.97. The molecule has 1 aromatic rings. The highest BCUT2D eigenvalue weighted by Crippen LogP contribution is 2.15. The average molecular weight is 252 g/mol. The number of phenolic OH excluding ortho intramolecular Hbond substituents is 1. The van der Waals surface area contributed by atoms with E-state index in [0.717, 1.165) is 18.7 Å². The minimum Gasteiger partial charge on any atom is -0.508 e. The molecule has 0 aliphatic carbocycles. The van der Waals surface area contributed by atoms with Gasteiger partial charge in [0.2, 0.25) is 0 Å². The molecule has 0 amide bonds. The van der Waals surface area contributed by atoms with Gasteiger partial charge in [-0.1, -0.05) is 24.4 Å². The normalized spacial score (nSPS) is 21.3. The van der Waals surface area contributed by atoms with Crippen LogP contribution in [0, 0.1) is 0 Å². The van der Waals surface area contributed by atoms with Gasteiger partial charge in [0, 0.05) is 19.6 Å². The number of ether oxygens (including phenoxy) is 1. The average Bonchev–Trinajstić information content (AvgIpc) is 2.29. The SMILES string of the molecule is NC(=S)C1CN(Cc2cccc(O)c2)CCO1. The van der Waals surface area contributed by atoms with Crippen molar-refractivity contribution in [1.29, 1.82) is 0 Å². The smallest absolute Gasteiger partial charge is 0.120 e. The lowest BCUT2D eigenvalue weighted by atomic mass is 10.2. The Kier molecular flexibility index (Phi) is 3.93. The molecular formula is C12H16N2O2S. The third-order valence-corrected chi connectivity index (χ3v) is 3.05. The highest BCUT2D eigenvalue weighted by Gasteiger charge is 2.22. The summed E-state index contributed by atoms with van der Waals surface area (Å²) in [5, 5.41) is 9.40. The van der Waals surface area contributed by atoms with Gasteiger partial charge in [-0.25, -0.2) is 0 Å². The molecule has 1 aromatic carbocycles. The molecule has 1 fully saturated rings. The first-order chi connectivity index (χ1) is 8.15. The Morgan fingerprint density at radius 2 is 2.41 bits per heavy atom. The summed E-state index contributed by atoms with van der Waals surface area (Å²) in [4.78, 5) is 2.63. The molecule has 5 heteroatoms. The topological polar surface area (TPSA) is 58.7 Å². The van der Waals surface area contributed by atoms with Crippen LogP contribution >= 0.6 is 12.2 Å². The number of thiocarbonyl (C=S) groups is 1.